The van der Waals surface area contributed by atoms with Crippen molar-refractivity contribution in [3.8, 4) is 0 Å². The highest BCUT2D eigenvalue weighted by molar-refractivity contribution is 5.71. The molecule has 0 N–H and O–H groups in total. The van der Waals surface area contributed by atoms with Gasteiger partial charge in [-0.15, -0.1) is 0 Å². The van der Waals surface area contributed by atoms with E-state index >= 15 is 0 Å². The fraction of sp³-hybridized carbons (Fsp3) is 0.797. The second-order valence-corrected chi connectivity index (χ2v) is 23.4. The molecule has 464 valence electrons. The van der Waals surface area contributed by atoms with Crippen LogP contribution in [-0.2, 0) is 28.6 Å². The highest BCUT2D eigenvalue weighted by Gasteiger charge is 2.19. The van der Waals surface area contributed by atoms with Crippen molar-refractivity contribution >= 4 is 17.9 Å². The summed E-state index contributed by atoms with van der Waals surface area (Å²) in [5.41, 5.74) is 0. The summed E-state index contributed by atoms with van der Waals surface area (Å²) in [6.45, 7) is 6.54. The van der Waals surface area contributed by atoms with Gasteiger partial charge in [-0.2, -0.15) is 0 Å². The number of carbonyl (C=O) groups is 3. The molecule has 6 heteroatoms. The molecule has 0 aromatic rings. The van der Waals surface area contributed by atoms with Crippen LogP contribution in [0.3, 0.4) is 0 Å². The van der Waals surface area contributed by atoms with Gasteiger partial charge in [0.1, 0.15) is 13.2 Å². The second-order valence-electron chi connectivity index (χ2n) is 23.4. The fourth-order valence-corrected chi connectivity index (χ4v) is 10.2. The quantitative estimate of drug-likeness (QED) is 0.0261. The van der Waals surface area contributed by atoms with Crippen molar-refractivity contribution in [2.24, 2.45) is 0 Å². The first-order chi connectivity index (χ1) is 39.5. The lowest BCUT2D eigenvalue weighted by Crippen LogP contribution is -2.30. The van der Waals surface area contributed by atoms with Crippen LogP contribution in [0.1, 0.15) is 361 Å². The predicted molar refractivity (Wildman–Crippen MR) is 348 cm³/mol. The zero-order valence-corrected chi connectivity index (χ0v) is 53.3. The summed E-state index contributed by atoms with van der Waals surface area (Å²) in [4.78, 5) is 38.2. The lowest BCUT2D eigenvalue weighted by molar-refractivity contribution is -0.167. The number of allylic oxidation sites excluding steroid dienone is 12. The van der Waals surface area contributed by atoms with Crippen LogP contribution < -0.4 is 0 Å². The largest absolute Gasteiger partial charge is 0.462 e. The average molecular weight is 1120 g/mol. The van der Waals surface area contributed by atoms with Crippen molar-refractivity contribution in [3.05, 3.63) is 72.9 Å². The van der Waals surface area contributed by atoms with Crippen LogP contribution in [0.15, 0.2) is 72.9 Å². The Labute approximate surface area is 497 Å². The minimum absolute atomic E-state index is 0.0719. The molecule has 0 aliphatic heterocycles. The Morgan fingerprint density at radius 3 is 0.775 bits per heavy atom. The van der Waals surface area contributed by atoms with Crippen LogP contribution in [0.4, 0.5) is 0 Å². The molecule has 0 aromatic heterocycles. The molecule has 0 aliphatic carbocycles. The van der Waals surface area contributed by atoms with E-state index in [0.29, 0.717) is 19.3 Å². The molecule has 0 saturated carbocycles. The fourth-order valence-electron chi connectivity index (χ4n) is 10.2. The van der Waals surface area contributed by atoms with E-state index in [1.165, 1.54) is 231 Å². The van der Waals surface area contributed by atoms with E-state index in [2.05, 4.69) is 93.7 Å². The third kappa shape index (κ3) is 65.7. The van der Waals surface area contributed by atoms with Crippen LogP contribution in [-0.4, -0.2) is 37.2 Å². The third-order valence-electron chi connectivity index (χ3n) is 15.4. The maximum Gasteiger partial charge on any atom is 0.306 e. The van der Waals surface area contributed by atoms with E-state index in [0.717, 1.165) is 89.9 Å². The van der Waals surface area contributed by atoms with Gasteiger partial charge in [0.25, 0.3) is 0 Å². The van der Waals surface area contributed by atoms with E-state index in [1.54, 1.807) is 0 Å². The number of unbranched alkanes of at least 4 members (excludes halogenated alkanes) is 41. The van der Waals surface area contributed by atoms with Crippen molar-refractivity contribution in [3.63, 3.8) is 0 Å². The topological polar surface area (TPSA) is 78.9 Å². The van der Waals surface area contributed by atoms with Crippen molar-refractivity contribution in [2.75, 3.05) is 13.2 Å². The molecule has 1 unspecified atom stereocenters. The lowest BCUT2D eigenvalue weighted by Gasteiger charge is -2.18. The number of carbonyl (C=O) groups excluding carboxylic acids is 3. The molecule has 0 radical (unpaired) electrons. The van der Waals surface area contributed by atoms with E-state index in [9.17, 15) is 14.4 Å². The Morgan fingerprint density at radius 2 is 0.487 bits per heavy atom. The molecule has 0 heterocycles. The second kappa shape index (κ2) is 68.3. The van der Waals surface area contributed by atoms with Crippen LogP contribution in [0.2, 0.25) is 0 Å². The molecule has 0 amide bonds. The SMILES string of the molecule is CC/C=C\C/C=C\C/C=C\C/C=C\C/C=C\CCCCCCCCCCCCCC(=O)OCC(COC(=O)CCCCCCCCCC)OC(=O)CCCCCCCCCCCCCCCCC/C=C\CCCCCCCCCC. The molecule has 0 aliphatic rings. The minimum atomic E-state index is -0.774. The van der Waals surface area contributed by atoms with Gasteiger partial charge in [-0.1, -0.05) is 325 Å². The summed E-state index contributed by atoms with van der Waals surface area (Å²) in [5, 5.41) is 0. The first kappa shape index (κ1) is 76.9. The monoisotopic (exact) mass is 1120 g/mol. The van der Waals surface area contributed by atoms with Gasteiger partial charge in [0, 0.05) is 19.3 Å². The van der Waals surface area contributed by atoms with Crippen molar-refractivity contribution in [2.45, 2.75) is 367 Å². The van der Waals surface area contributed by atoms with Crippen LogP contribution in [0.5, 0.6) is 0 Å². The van der Waals surface area contributed by atoms with Gasteiger partial charge in [0.15, 0.2) is 6.10 Å². The highest BCUT2D eigenvalue weighted by Crippen LogP contribution is 2.18. The van der Waals surface area contributed by atoms with Gasteiger partial charge < -0.3 is 14.2 Å². The van der Waals surface area contributed by atoms with E-state index in [1.807, 2.05) is 0 Å². The Balaban J connectivity index is 4.11. The van der Waals surface area contributed by atoms with Crippen LogP contribution in [0, 0.1) is 0 Å². The molecule has 6 nitrogen and oxygen atoms in total. The van der Waals surface area contributed by atoms with E-state index in [-0.39, 0.29) is 31.1 Å². The average Bonchev–Trinajstić information content (AvgIpc) is 3.46. The van der Waals surface area contributed by atoms with Gasteiger partial charge in [-0.25, -0.2) is 0 Å². The first-order valence-electron chi connectivity index (χ1n) is 34.9. The zero-order chi connectivity index (χ0) is 57.8. The Morgan fingerprint density at radius 1 is 0.263 bits per heavy atom. The molecular formula is C74H132O6. The summed E-state index contributed by atoms with van der Waals surface area (Å²) in [6.07, 6.45) is 89.5. The molecule has 0 bridgehead atoms. The van der Waals surface area contributed by atoms with Crippen LogP contribution >= 0.6 is 0 Å². The van der Waals surface area contributed by atoms with Gasteiger partial charge >= 0.3 is 17.9 Å². The standard InChI is InChI=1S/C74H132O6/c1-4-7-10-13-16-19-21-23-25-27-29-31-33-35-37-39-41-43-45-47-49-51-53-55-58-61-64-67-73(76)79-70-71(69-78-72(75)66-63-60-57-18-15-12-9-6-3)80-74(77)68-65-62-59-56-54-52-50-48-46-44-42-40-38-36-34-32-30-28-26-24-22-20-17-14-11-8-5-2/h7,10,16,19,23,25,28-31,35,37,71H,4-6,8-9,11-15,17-18,20-22,24,26-27,32-34,36,38-70H2,1-3H3/b10-7-,19-16-,25-23-,30-28-,31-29-,37-35-. The maximum atomic E-state index is 12.9. The summed E-state index contributed by atoms with van der Waals surface area (Å²) < 4.78 is 16.9. The highest BCUT2D eigenvalue weighted by atomic mass is 16.6. The molecule has 0 aromatic carbocycles. The number of esters is 3. The van der Waals surface area contributed by atoms with Gasteiger partial charge in [0.05, 0.1) is 0 Å². The molecular weight excluding hydrogens is 985 g/mol. The molecule has 80 heavy (non-hydrogen) atoms. The summed E-state index contributed by atoms with van der Waals surface area (Å²) in [6, 6.07) is 0. The van der Waals surface area contributed by atoms with Crippen molar-refractivity contribution < 1.29 is 28.6 Å². The Bertz CT molecular complexity index is 1470. The molecule has 0 saturated heterocycles. The predicted octanol–water partition coefficient (Wildman–Crippen LogP) is 24.1. The maximum absolute atomic E-state index is 12.9. The van der Waals surface area contributed by atoms with Gasteiger partial charge in [-0.3, -0.25) is 14.4 Å². The summed E-state index contributed by atoms with van der Waals surface area (Å²) in [5.74, 6) is -0.860. The Kier molecular flexibility index (Phi) is 65.7. The number of hydrogen-bond acceptors (Lipinski definition) is 6. The van der Waals surface area contributed by atoms with E-state index in [4.69, 9.17) is 14.2 Å². The normalized spacial score (nSPS) is 12.5. The lowest BCUT2D eigenvalue weighted by atomic mass is 10.0. The minimum Gasteiger partial charge on any atom is -0.462 e. The van der Waals surface area contributed by atoms with Gasteiger partial charge in [-0.05, 0) is 89.9 Å². The number of rotatable bonds is 64. The molecule has 0 spiro atoms. The molecule has 0 fully saturated rings. The summed E-state index contributed by atoms with van der Waals surface area (Å²) in [7, 11) is 0. The third-order valence-corrected chi connectivity index (χ3v) is 15.4. The zero-order valence-electron chi connectivity index (χ0n) is 53.3. The van der Waals surface area contributed by atoms with Crippen molar-refractivity contribution in [1.82, 2.24) is 0 Å². The smallest absolute Gasteiger partial charge is 0.306 e. The summed E-state index contributed by atoms with van der Waals surface area (Å²) >= 11 is 0. The molecule has 1 atom stereocenters. The first-order valence-corrected chi connectivity index (χ1v) is 34.9. The van der Waals surface area contributed by atoms with Gasteiger partial charge in [0.2, 0.25) is 0 Å². The van der Waals surface area contributed by atoms with Crippen molar-refractivity contribution in [1.29, 1.82) is 0 Å². The Hall–Kier alpha value is -3.15. The molecule has 0 rings (SSSR count). The number of ether oxygens (including phenoxy) is 3. The number of hydrogen-bond donors (Lipinski definition) is 0. The van der Waals surface area contributed by atoms with E-state index < -0.39 is 6.10 Å². The van der Waals surface area contributed by atoms with Crippen LogP contribution in [0.25, 0.3) is 0 Å².